The van der Waals surface area contributed by atoms with Crippen LogP contribution in [0, 0.1) is 0 Å². The Bertz CT molecular complexity index is 753. The van der Waals surface area contributed by atoms with Gasteiger partial charge in [0.15, 0.2) is 0 Å². The van der Waals surface area contributed by atoms with E-state index in [9.17, 15) is 0 Å². The molecular weight excluding hydrogens is 300 g/mol. The maximum Gasteiger partial charge on any atom is 0.130 e. The summed E-state index contributed by atoms with van der Waals surface area (Å²) in [5.41, 5.74) is 2.44. The smallest absolute Gasteiger partial charge is 0.130 e. The van der Waals surface area contributed by atoms with E-state index in [1.165, 1.54) is 5.56 Å². The second-order valence-electron chi connectivity index (χ2n) is 5.66. The maximum absolute atomic E-state index is 5.20. The van der Waals surface area contributed by atoms with Gasteiger partial charge in [-0.05, 0) is 41.8 Å². The lowest BCUT2D eigenvalue weighted by Gasteiger charge is -2.19. The fraction of sp³-hybridized carbons (Fsp3) is 0.263. The van der Waals surface area contributed by atoms with Crippen molar-refractivity contribution in [2.75, 3.05) is 13.7 Å². The van der Waals surface area contributed by atoms with Gasteiger partial charge in [-0.3, -0.25) is 4.98 Å². The van der Waals surface area contributed by atoms with E-state index < -0.39 is 0 Å². The molecule has 0 spiro atoms. The van der Waals surface area contributed by atoms with Gasteiger partial charge in [-0.2, -0.15) is 0 Å². The Morgan fingerprint density at radius 2 is 1.83 bits per heavy atom. The van der Waals surface area contributed by atoms with Crippen LogP contribution in [0.25, 0.3) is 0 Å². The highest BCUT2D eigenvalue weighted by Crippen LogP contribution is 2.19. The molecule has 1 N–H and O–H groups in total. The number of hydrogen-bond acceptors (Lipinski definition) is 4. The quantitative estimate of drug-likeness (QED) is 0.727. The number of ether oxygens (including phenoxy) is 1. The first-order valence-corrected chi connectivity index (χ1v) is 8.01. The molecule has 3 aromatic rings. The van der Waals surface area contributed by atoms with Crippen molar-refractivity contribution in [3.63, 3.8) is 0 Å². The summed E-state index contributed by atoms with van der Waals surface area (Å²) in [6, 6.07) is 12.3. The zero-order valence-electron chi connectivity index (χ0n) is 14.0. The Kier molecular flexibility index (Phi) is 5.23. The van der Waals surface area contributed by atoms with E-state index in [0.717, 1.165) is 30.1 Å². The van der Waals surface area contributed by atoms with Crippen LogP contribution in [-0.4, -0.2) is 28.2 Å². The van der Waals surface area contributed by atoms with Gasteiger partial charge in [0.05, 0.1) is 13.2 Å². The Labute approximate surface area is 142 Å². The average Bonchev–Trinajstić information content (AvgIpc) is 3.06. The first-order chi connectivity index (χ1) is 11.8. The number of rotatable bonds is 7. The lowest BCUT2D eigenvalue weighted by molar-refractivity contribution is 0.414. The zero-order chi connectivity index (χ0) is 16.8. The molecule has 1 atom stereocenters. The summed E-state index contributed by atoms with van der Waals surface area (Å²) in [7, 11) is 3.70. The molecule has 0 bridgehead atoms. The van der Waals surface area contributed by atoms with Crippen LogP contribution < -0.4 is 10.1 Å². The fourth-order valence-electron chi connectivity index (χ4n) is 2.72. The van der Waals surface area contributed by atoms with Gasteiger partial charge in [0.2, 0.25) is 0 Å². The molecule has 5 nitrogen and oxygen atoms in total. The predicted octanol–water partition coefficient (Wildman–Crippen LogP) is 2.75. The van der Waals surface area contributed by atoms with Gasteiger partial charge < -0.3 is 14.6 Å². The van der Waals surface area contributed by atoms with Crippen molar-refractivity contribution in [1.82, 2.24) is 19.9 Å². The second-order valence-corrected chi connectivity index (χ2v) is 5.66. The first kappa shape index (κ1) is 16.2. The summed E-state index contributed by atoms with van der Waals surface area (Å²) in [4.78, 5) is 8.61. The minimum Gasteiger partial charge on any atom is -0.497 e. The van der Waals surface area contributed by atoms with Crippen LogP contribution in [0.2, 0.25) is 0 Å². The summed E-state index contributed by atoms with van der Waals surface area (Å²) >= 11 is 0. The van der Waals surface area contributed by atoms with Gasteiger partial charge in [0, 0.05) is 38.4 Å². The predicted molar refractivity (Wildman–Crippen MR) is 94.0 cm³/mol. The van der Waals surface area contributed by atoms with Crippen LogP contribution in [0.15, 0.2) is 61.2 Å². The van der Waals surface area contributed by atoms with Gasteiger partial charge in [-0.25, -0.2) is 4.98 Å². The molecule has 2 heterocycles. The number of pyridine rings is 1. The third-order valence-electron chi connectivity index (χ3n) is 4.08. The van der Waals surface area contributed by atoms with Gasteiger partial charge in [0.25, 0.3) is 0 Å². The monoisotopic (exact) mass is 322 g/mol. The Balaban J connectivity index is 1.69. The highest BCUT2D eigenvalue weighted by molar-refractivity contribution is 5.27. The van der Waals surface area contributed by atoms with Crippen LogP contribution in [0.5, 0.6) is 5.75 Å². The largest absolute Gasteiger partial charge is 0.497 e. The molecule has 24 heavy (non-hydrogen) atoms. The lowest BCUT2D eigenvalue weighted by Crippen LogP contribution is -2.27. The highest BCUT2D eigenvalue weighted by atomic mass is 16.5. The molecule has 0 saturated carbocycles. The zero-order valence-corrected chi connectivity index (χ0v) is 14.0. The van der Waals surface area contributed by atoms with Crippen molar-refractivity contribution in [2.24, 2.45) is 7.05 Å². The van der Waals surface area contributed by atoms with Crippen molar-refractivity contribution < 1.29 is 4.74 Å². The number of methoxy groups -OCH3 is 1. The molecule has 0 aliphatic heterocycles. The van der Waals surface area contributed by atoms with E-state index >= 15 is 0 Å². The van der Waals surface area contributed by atoms with Crippen molar-refractivity contribution in [1.29, 1.82) is 0 Å². The fourth-order valence-corrected chi connectivity index (χ4v) is 2.72. The van der Waals surface area contributed by atoms with Crippen molar-refractivity contribution in [3.05, 3.63) is 78.1 Å². The Morgan fingerprint density at radius 1 is 1.08 bits per heavy atom. The van der Waals surface area contributed by atoms with Crippen LogP contribution in [0.3, 0.4) is 0 Å². The third-order valence-corrected chi connectivity index (χ3v) is 4.08. The van der Waals surface area contributed by atoms with Crippen molar-refractivity contribution >= 4 is 0 Å². The molecule has 124 valence electrons. The average molecular weight is 322 g/mol. The normalized spacial score (nSPS) is 12.1. The topological polar surface area (TPSA) is 52.0 Å². The van der Waals surface area contributed by atoms with Crippen LogP contribution in [0.1, 0.15) is 23.0 Å². The van der Waals surface area contributed by atoms with Crippen molar-refractivity contribution in [3.8, 4) is 5.75 Å². The molecule has 0 amide bonds. The number of nitrogens with zero attached hydrogens (tertiary/aromatic N) is 3. The molecule has 2 aromatic heterocycles. The number of nitrogens with one attached hydrogen (secondary N) is 1. The van der Waals surface area contributed by atoms with E-state index in [4.69, 9.17) is 4.74 Å². The molecule has 3 rings (SSSR count). The minimum atomic E-state index is 0.0475. The molecule has 0 fully saturated rings. The van der Waals surface area contributed by atoms with E-state index in [-0.39, 0.29) is 6.04 Å². The van der Waals surface area contributed by atoms with E-state index in [1.54, 1.807) is 7.11 Å². The third kappa shape index (κ3) is 3.81. The van der Waals surface area contributed by atoms with Crippen LogP contribution in [-0.2, 0) is 13.5 Å². The standard InChI is InChI=1S/C19H22N4O/c1-23-14-13-22-19(23)18(16-8-10-20-11-9-16)21-12-7-15-3-5-17(24-2)6-4-15/h3-6,8-11,13-14,18,21H,7,12H2,1-2H3/t18-/m1/s1. The SMILES string of the molecule is COc1ccc(CCN[C@H](c2ccncc2)c2nccn2C)cc1. The van der Waals surface area contributed by atoms with E-state index in [2.05, 4.69) is 27.4 Å². The molecular formula is C19H22N4O. The molecule has 0 unspecified atom stereocenters. The van der Waals surface area contributed by atoms with Crippen LogP contribution >= 0.6 is 0 Å². The maximum atomic E-state index is 5.20. The van der Waals surface area contributed by atoms with E-state index in [0.29, 0.717) is 0 Å². The van der Waals surface area contributed by atoms with Gasteiger partial charge >= 0.3 is 0 Å². The Morgan fingerprint density at radius 3 is 2.46 bits per heavy atom. The number of benzene rings is 1. The molecule has 0 aliphatic rings. The minimum absolute atomic E-state index is 0.0475. The highest BCUT2D eigenvalue weighted by Gasteiger charge is 2.17. The molecule has 0 radical (unpaired) electrons. The Hall–Kier alpha value is -2.66. The van der Waals surface area contributed by atoms with Crippen molar-refractivity contribution in [2.45, 2.75) is 12.5 Å². The molecule has 0 aliphatic carbocycles. The van der Waals surface area contributed by atoms with Gasteiger partial charge in [0.1, 0.15) is 11.6 Å². The number of aromatic nitrogens is 3. The molecule has 5 heteroatoms. The summed E-state index contributed by atoms with van der Waals surface area (Å²) in [5.74, 6) is 1.88. The summed E-state index contributed by atoms with van der Waals surface area (Å²) < 4.78 is 7.25. The number of aryl methyl sites for hydroxylation is 1. The van der Waals surface area contributed by atoms with Gasteiger partial charge in [-0.15, -0.1) is 0 Å². The molecule has 0 saturated heterocycles. The van der Waals surface area contributed by atoms with E-state index in [1.807, 2.05) is 60.7 Å². The summed E-state index contributed by atoms with van der Waals surface area (Å²) in [6.07, 6.45) is 8.37. The second kappa shape index (κ2) is 7.75. The summed E-state index contributed by atoms with van der Waals surface area (Å²) in [6.45, 7) is 0.853. The number of hydrogen-bond donors (Lipinski definition) is 1. The van der Waals surface area contributed by atoms with Gasteiger partial charge in [-0.1, -0.05) is 12.1 Å². The molecule has 1 aromatic carbocycles. The van der Waals surface area contributed by atoms with Crippen LogP contribution in [0.4, 0.5) is 0 Å². The summed E-state index contributed by atoms with van der Waals surface area (Å²) in [5, 5.41) is 3.61. The first-order valence-electron chi connectivity index (χ1n) is 8.01. The number of imidazole rings is 1. The lowest BCUT2D eigenvalue weighted by atomic mass is 10.1.